The van der Waals surface area contributed by atoms with Crippen molar-refractivity contribution in [2.45, 2.75) is 25.0 Å². The number of ether oxygens (including phenoxy) is 1. The number of phenols is 1. The molecule has 0 aliphatic carbocycles. The molecule has 1 amide bonds. The van der Waals surface area contributed by atoms with Crippen LogP contribution in [0.2, 0.25) is 0 Å². The first kappa shape index (κ1) is 23.6. The molecule has 33 heavy (non-hydrogen) atoms. The quantitative estimate of drug-likeness (QED) is 0.335. The normalized spacial score (nSPS) is 19.1. The highest BCUT2D eigenvalue weighted by molar-refractivity contribution is 8.26. The number of piperidine rings is 1. The number of carbonyl (C=O) groups is 1. The SMILES string of the molecule is O=C1NC(=S)SC1=Cc1ccc(N2CCC(NC[C@H](O)COc3ccc(O)cc3)CC2)cc1. The number of amides is 1. The number of hydrogen-bond acceptors (Lipinski definition) is 8. The van der Waals surface area contributed by atoms with Crippen molar-refractivity contribution < 1.29 is 19.7 Å². The summed E-state index contributed by atoms with van der Waals surface area (Å²) in [7, 11) is 0. The summed E-state index contributed by atoms with van der Waals surface area (Å²) in [4.78, 5) is 14.8. The van der Waals surface area contributed by atoms with Gasteiger partial charge in [-0.2, -0.15) is 0 Å². The van der Waals surface area contributed by atoms with Gasteiger partial charge in [-0.3, -0.25) is 4.79 Å². The van der Waals surface area contributed by atoms with Gasteiger partial charge in [0, 0.05) is 31.4 Å². The van der Waals surface area contributed by atoms with E-state index in [0.29, 0.717) is 27.6 Å². The predicted octanol–water partition coefficient (Wildman–Crippen LogP) is 2.88. The van der Waals surface area contributed by atoms with Crippen LogP contribution < -0.4 is 20.3 Å². The van der Waals surface area contributed by atoms with Crippen LogP contribution in [0.25, 0.3) is 6.08 Å². The van der Waals surface area contributed by atoms with Crippen LogP contribution >= 0.6 is 24.0 Å². The summed E-state index contributed by atoms with van der Waals surface area (Å²) in [6.45, 7) is 2.54. The average Bonchev–Trinajstić information content (AvgIpc) is 3.14. The minimum atomic E-state index is -0.604. The molecule has 0 radical (unpaired) electrons. The van der Waals surface area contributed by atoms with E-state index in [1.165, 1.54) is 11.8 Å². The van der Waals surface area contributed by atoms with Gasteiger partial charge in [-0.15, -0.1) is 0 Å². The zero-order chi connectivity index (χ0) is 23.2. The van der Waals surface area contributed by atoms with E-state index in [4.69, 9.17) is 17.0 Å². The van der Waals surface area contributed by atoms with E-state index in [9.17, 15) is 15.0 Å². The van der Waals surface area contributed by atoms with Crippen LogP contribution in [0.4, 0.5) is 5.69 Å². The third kappa shape index (κ3) is 6.70. The molecule has 2 aliphatic heterocycles. The maximum atomic E-state index is 11.8. The number of aliphatic hydroxyl groups excluding tert-OH is 1. The average molecular weight is 486 g/mol. The molecule has 2 aliphatic rings. The zero-order valence-electron chi connectivity index (χ0n) is 18.1. The maximum Gasteiger partial charge on any atom is 0.263 e. The number of nitrogens with zero attached hydrogens (tertiary/aromatic N) is 1. The molecule has 0 bridgehead atoms. The molecule has 0 unspecified atom stereocenters. The maximum absolute atomic E-state index is 11.8. The summed E-state index contributed by atoms with van der Waals surface area (Å²) < 4.78 is 6.05. The van der Waals surface area contributed by atoms with Crippen LogP contribution in [0, 0.1) is 0 Å². The Morgan fingerprint density at radius 2 is 1.88 bits per heavy atom. The van der Waals surface area contributed by atoms with Gasteiger partial charge in [0.15, 0.2) is 0 Å². The number of thioether (sulfide) groups is 1. The lowest BCUT2D eigenvalue weighted by molar-refractivity contribution is -0.115. The van der Waals surface area contributed by atoms with E-state index in [1.54, 1.807) is 24.3 Å². The summed E-state index contributed by atoms with van der Waals surface area (Å²) in [5.74, 6) is 0.670. The number of hydrogen-bond donors (Lipinski definition) is 4. The van der Waals surface area contributed by atoms with Crippen LogP contribution in [-0.2, 0) is 4.79 Å². The van der Waals surface area contributed by atoms with E-state index in [2.05, 4.69) is 27.7 Å². The topological polar surface area (TPSA) is 94.1 Å². The first-order chi connectivity index (χ1) is 16.0. The highest BCUT2D eigenvalue weighted by atomic mass is 32.2. The zero-order valence-corrected chi connectivity index (χ0v) is 19.7. The Kier molecular flexibility index (Phi) is 7.87. The summed E-state index contributed by atoms with van der Waals surface area (Å²) in [6, 6.07) is 15.0. The van der Waals surface area contributed by atoms with E-state index >= 15 is 0 Å². The summed E-state index contributed by atoms with van der Waals surface area (Å²) in [6.07, 6.45) is 3.24. The van der Waals surface area contributed by atoms with Crippen LogP contribution in [0.5, 0.6) is 11.5 Å². The first-order valence-electron chi connectivity index (χ1n) is 10.9. The Morgan fingerprint density at radius 3 is 2.52 bits per heavy atom. The second kappa shape index (κ2) is 11.0. The van der Waals surface area contributed by atoms with Crippen molar-refractivity contribution in [3.63, 3.8) is 0 Å². The fourth-order valence-electron chi connectivity index (χ4n) is 3.79. The number of aliphatic hydroxyl groups is 1. The highest BCUT2D eigenvalue weighted by Gasteiger charge is 2.22. The molecule has 0 spiro atoms. The van der Waals surface area contributed by atoms with Gasteiger partial charge in [-0.1, -0.05) is 36.1 Å². The van der Waals surface area contributed by atoms with E-state index in [0.717, 1.165) is 37.2 Å². The number of nitrogens with one attached hydrogen (secondary N) is 2. The number of thiocarbonyl (C=S) groups is 1. The largest absolute Gasteiger partial charge is 0.508 e. The molecular formula is C24H27N3O4S2. The Bertz CT molecular complexity index is 1000. The molecule has 2 saturated heterocycles. The molecule has 4 rings (SSSR count). The smallest absolute Gasteiger partial charge is 0.263 e. The van der Waals surface area contributed by atoms with Gasteiger partial charge < -0.3 is 30.5 Å². The molecular weight excluding hydrogens is 458 g/mol. The molecule has 2 heterocycles. The standard InChI is InChI=1S/C24H27N3O4S2/c28-19-5-7-21(8-6-19)31-15-20(29)14-25-17-9-11-27(12-10-17)18-3-1-16(2-4-18)13-22-23(30)26-24(32)33-22/h1-8,13,17,20,25,28-29H,9-12,14-15H2,(H,26,30,32)/t20-/m0/s1. The van der Waals surface area contributed by atoms with E-state index in [1.807, 2.05) is 18.2 Å². The van der Waals surface area contributed by atoms with Crippen molar-refractivity contribution in [1.29, 1.82) is 0 Å². The van der Waals surface area contributed by atoms with Crippen molar-refractivity contribution in [2.24, 2.45) is 0 Å². The van der Waals surface area contributed by atoms with Crippen molar-refractivity contribution in [1.82, 2.24) is 10.6 Å². The minimum Gasteiger partial charge on any atom is -0.508 e. The van der Waals surface area contributed by atoms with Crippen molar-refractivity contribution in [3.8, 4) is 11.5 Å². The molecule has 0 aromatic heterocycles. The lowest BCUT2D eigenvalue weighted by Crippen LogP contribution is -2.45. The third-order valence-electron chi connectivity index (χ3n) is 5.61. The highest BCUT2D eigenvalue weighted by Crippen LogP contribution is 2.27. The van der Waals surface area contributed by atoms with Crippen LogP contribution in [-0.4, -0.2) is 58.8 Å². The van der Waals surface area contributed by atoms with Gasteiger partial charge in [0.2, 0.25) is 0 Å². The first-order valence-corrected chi connectivity index (χ1v) is 12.1. The van der Waals surface area contributed by atoms with Gasteiger partial charge in [-0.05, 0) is 60.9 Å². The summed E-state index contributed by atoms with van der Waals surface area (Å²) in [5.41, 5.74) is 2.14. The van der Waals surface area contributed by atoms with Crippen LogP contribution in [0.15, 0.2) is 53.4 Å². The summed E-state index contributed by atoms with van der Waals surface area (Å²) in [5, 5.41) is 25.6. The summed E-state index contributed by atoms with van der Waals surface area (Å²) >= 11 is 6.32. The van der Waals surface area contributed by atoms with Gasteiger partial charge in [0.1, 0.15) is 28.5 Å². The number of aromatic hydroxyl groups is 1. The minimum absolute atomic E-state index is 0.138. The lowest BCUT2D eigenvalue weighted by atomic mass is 10.0. The van der Waals surface area contributed by atoms with E-state index in [-0.39, 0.29) is 18.3 Å². The van der Waals surface area contributed by atoms with Gasteiger partial charge in [-0.25, -0.2) is 0 Å². The number of carbonyl (C=O) groups excluding carboxylic acids is 1. The molecule has 4 N–H and O–H groups in total. The van der Waals surface area contributed by atoms with Crippen molar-refractivity contribution >= 4 is 46.0 Å². The third-order valence-corrected chi connectivity index (χ3v) is 6.78. The number of rotatable bonds is 8. The molecule has 2 aromatic rings. The lowest BCUT2D eigenvalue weighted by Gasteiger charge is -2.34. The van der Waals surface area contributed by atoms with Gasteiger partial charge in [0.25, 0.3) is 5.91 Å². The second-order valence-corrected chi connectivity index (χ2v) is 9.79. The Labute approximate surface area is 202 Å². The van der Waals surface area contributed by atoms with Crippen LogP contribution in [0.3, 0.4) is 0 Å². The molecule has 174 valence electrons. The molecule has 9 heteroatoms. The second-order valence-electron chi connectivity index (χ2n) is 8.07. The van der Waals surface area contributed by atoms with Crippen LogP contribution in [0.1, 0.15) is 18.4 Å². The molecule has 0 saturated carbocycles. The molecule has 2 aromatic carbocycles. The van der Waals surface area contributed by atoms with Gasteiger partial charge in [0.05, 0.1) is 4.91 Å². The fourth-order valence-corrected chi connectivity index (χ4v) is 4.84. The monoisotopic (exact) mass is 485 g/mol. The van der Waals surface area contributed by atoms with Crippen molar-refractivity contribution in [3.05, 3.63) is 59.0 Å². The Balaban J connectivity index is 1.19. The van der Waals surface area contributed by atoms with Gasteiger partial charge >= 0.3 is 0 Å². The predicted molar refractivity (Wildman–Crippen MR) is 136 cm³/mol. The molecule has 2 fully saturated rings. The Hall–Kier alpha value is -2.59. The molecule has 1 atom stereocenters. The fraction of sp³-hybridized carbons (Fsp3) is 0.333. The number of benzene rings is 2. The number of anilines is 1. The molecule has 7 nitrogen and oxygen atoms in total. The van der Waals surface area contributed by atoms with E-state index < -0.39 is 6.10 Å². The Morgan fingerprint density at radius 1 is 1.18 bits per heavy atom. The number of phenolic OH excluding ortho intramolecular Hbond substituents is 1. The van der Waals surface area contributed by atoms with Crippen molar-refractivity contribution in [2.75, 3.05) is 31.1 Å².